The van der Waals surface area contributed by atoms with Crippen molar-refractivity contribution in [3.05, 3.63) is 12.2 Å². The zero-order chi connectivity index (χ0) is 9.68. The average Bonchev–Trinajstić information content (AvgIpc) is 2.39. The Bertz CT molecular complexity index is 230. The lowest BCUT2D eigenvalue weighted by molar-refractivity contribution is -0.153. The van der Waals surface area contributed by atoms with E-state index in [1.165, 1.54) is 0 Å². The third-order valence-electron chi connectivity index (χ3n) is 2.00. The lowest BCUT2D eigenvalue weighted by atomic mass is 10.0. The first kappa shape index (κ1) is 9.96. The number of carbonyl (C=O) groups excluding carboxylic acids is 2. The fourth-order valence-corrected chi connectivity index (χ4v) is 1.25. The van der Waals surface area contributed by atoms with Gasteiger partial charge in [-0.15, -0.1) is 0 Å². The minimum Gasteiger partial charge on any atom is -0.393 e. The van der Waals surface area contributed by atoms with Gasteiger partial charge in [-0.3, -0.25) is 9.59 Å². The average molecular weight is 182 g/mol. The van der Waals surface area contributed by atoms with Crippen molar-refractivity contribution in [3.63, 3.8) is 0 Å². The van der Waals surface area contributed by atoms with Gasteiger partial charge < -0.3 is 4.74 Å². The lowest BCUT2D eigenvalue weighted by Crippen LogP contribution is -2.05. The summed E-state index contributed by atoms with van der Waals surface area (Å²) in [5.74, 6) is -0.995. The zero-order valence-corrected chi connectivity index (χ0v) is 7.79. The van der Waals surface area contributed by atoms with Gasteiger partial charge in [0.1, 0.15) is 0 Å². The van der Waals surface area contributed by atoms with Crippen LogP contribution in [0.4, 0.5) is 0 Å². The van der Waals surface area contributed by atoms with E-state index in [0.717, 1.165) is 12.8 Å². The topological polar surface area (TPSA) is 43.4 Å². The van der Waals surface area contributed by atoms with Crippen LogP contribution in [0.15, 0.2) is 12.2 Å². The lowest BCUT2D eigenvalue weighted by Gasteiger charge is -1.97. The summed E-state index contributed by atoms with van der Waals surface area (Å²) in [4.78, 5) is 21.7. The fraction of sp³-hybridized carbons (Fsp3) is 0.600. The Hall–Kier alpha value is -1.12. The van der Waals surface area contributed by atoms with Crippen molar-refractivity contribution in [1.82, 2.24) is 0 Å². The molecule has 0 aliphatic carbocycles. The van der Waals surface area contributed by atoms with E-state index in [0.29, 0.717) is 6.42 Å². The van der Waals surface area contributed by atoms with Crippen LogP contribution >= 0.6 is 0 Å². The highest BCUT2D eigenvalue weighted by Gasteiger charge is 2.31. The van der Waals surface area contributed by atoms with Crippen LogP contribution in [0.1, 0.15) is 32.6 Å². The van der Waals surface area contributed by atoms with Gasteiger partial charge in [0.05, 0.1) is 12.3 Å². The summed E-state index contributed by atoms with van der Waals surface area (Å²) < 4.78 is 4.42. The molecule has 0 aromatic carbocycles. The van der Waals surface area contributed by atoms with E-state index in [-0.39, 0.29) is 24.3 Å². The molecule has 1 heterocycles. The van der Waals surface area contributed by atoms with Crippen molar-refractivity contribution < 1.29 is 14.3 Å². The highest BCUT2D eigenvalue weighted by atomic mass is 16.6. The first-order valence-electron chi connectivity index (χ1n) is 4.63. The molecule has 0 amide bonds. The van der Waals surface area contributed by atoms with Gasteiger partial charge in [0.15, 0.2) is 0 Å². The molecule has 72 valence electrons. The molecule has 13 heavy (non-hydrogen) atoms. The minimum absolute atomic E-state index is 0.236. The molecule has 1 unspecified atom stereocenters. The predicted molar refractivity (Wildman–Crippen MR) is 47.9 cm³/mol. The molecule has 0 aromatic heterocycles. The molecule has 3 nitrogen and oxygen atoms in total. The molecule has 1 aliphatic heterocycles. The minimum atomic E-state index is -0.390. The van der Waals surface area contributed by atoms with Crippen LogP contribution in [0.3, 0.4) is 0 Å². The van der Waals surface area contributed by atoms with Gasteiger partial charge in [0.25, 0.3) is 0 Å². The van der Waals surface area contributed by atoms with Crippen LogP contribution in [0.5, 0.6) is 0 Å². The van der Waals surface area contributed by atoms with Crippen LogP contribution < -0.4 is 0 Å². The Morgan fingerprint density at radius 1 is 1.46 bits per heavy atom. The van der Waals surface area contributed by atoms with Gasteiger partial charge in [-0.05, 0) is 12.8 Å². The summed E-state index contributed by atoms with van der Waals surface area (Å²) in [5, 5.41) is 0. The van der Waals surface area contributed by atoms with Gasteiger partial charge in [-0.2, -0.15) is 0 Å². The maximum Gasteiger partial charge on any atom is 0.317 e. The van der Waals surface area contributed by atoms with Gasteiger partial charge in [-0.1, -0.05) is 25.5 Å². The van der Waals surface area contributed by atoms with Gasteiger partial charge in [0, 0.05) is 0 Å². The Kier molecular flexibility index (Phi) is 3.68. The highest BCUT2D eigenvalue weighted by Crippen LogP contribution is 2.19. The Labute approximate surface area is 77.8 Å². The van der Waals surface area contributed by atoms with E-state index >= 15 is 0 Å². The number of hydrogen-bond acceptors (Lipinski definition) is 3. The molecular formula is C10H14O3. The number of ether oxygens (including phenoxy) is 1. The third kappa shape index (κ3) is 3.01. The molecule has 0 spiro atoms. The highest BCUT2D eigenvalue weighted by molar-refractivity contribution is 5.94. The van der Waals surface area contributed by atoms with Gasteiger partial charge >= 0.3 is 11.9 Å². The maximum atomic E-state index is 11.0. The molecule has 1 aliphatic rings. The smallest absolute Gasteiger partial charge is 0.317 e. The van der Waals surface area contributed by atoms with Gasteiger partial charge in [0.2, 0.25) is 0 Å². The van der Waals surface area contributed by atoms with E-state index in [1.54, 1.807) is 0 Å². The van der Waals surface area contributed by atoms with Crippen LogP contribution in [-0.4, -0.2) is 11.9 Å². The van der Waals surface area contributed by atoms with E-state index in [4.69, 9.17) is 0 Å². The summed E-state index contributed by atoms with van der Waals surface area (Å²) >= 11 is 0. The molecule has 0 radical (unpaired) electrons. The normalized spacial score (nSPS) is 22.7. The third-order valence-corrected chi connectivity index (χ3v) is 2.00. The number of rotatable bonds is 4. The molecule has 1 fully saturated rings. The summed E-state index contributed by atoms with van der Waals surface area (Å²) in [6.07, 6.45) is 6.99. The zero-order valence-electron chi connectivity index (χ0n) is 7.79. The van der Waals surface area contributed by atoms with Crippen LogP contribution in [0.25, 0.3) is 0 Å². The summed E-state index contributed by atoms with van der Waals surface area (Å²) in [7, 11) is 0. The standard InChI is InChI=1S/C10H14O3/c1-2-3-4-5-6-8-7-9(11)13-10(8)12/h4-5,8H,2-3,6-7H2,1H3/b5-4+. The van der Waals surface area contributed by atoms with E-state index in [1.807, 2.05) is 12.2 Å². The van der Waals surface area contributed by atoms with Crippen molar-refractivity contribution in [1.29, 1.82) is 0 Å². The largest absolute Gasteiger partial charge is 0.393 e. The van der Waals surface area contributed by atoms with Crippen molar-refractivity contribution >= 4 is 11.9 Å². The second kappa shape index (κ2) is 4.80. The molecule has 3 heteroatoms. The van der Waals surface area contributed by atoms with Crippen LogP contribution in [0, 0.1) is 5.92 Å². The van der Waals surface area contributed by atoms with Gasteiger partial charge in [-0.25, -0.2) is 0 Å². The fourth-order valence-electron chi connectivity index (χ4n) is 1.25. The van der Waals surface area contributed by atoms with Crippen molar-refractivity contribution in [2.45, 2.75) is 32.6 Å². The van der Waals surface area contributed by atoms with Crippen LogP contribution in [-0.2, 0) is 14.3 Å². The predicted octanol–water partition coefficient (Wildman–Crippen LogP) is 1.82. The van der Waals surface area contributed by atoms with Crippen molar-refractivity contribution in [2.24, 2.45) is 5.92 Å². The molecule has 0 aromatic rings. The SMILES string of the molecule is CCC/C=C/CC1CC(=O)OC1=O. The van der Waals surface area contributed by atoms with Crippen molar-refractivity contribution in [2.75, 3.05) is 0 Å². The first-order chi connectivity index (χ1) is 6.24. The second-order valence-corrected chi connectivity index (χ2v) is 3.19. The molecule has 0 saturated carbocycles. The first-order valence-corrected chi connectivity index (χ1v) is 4.63. The molecule has 0 bridgehead atoms. The summed E-state index contributed by atoms with van der Waals surface area (Å²) in [6.45, 7) is 2.09. The monoisotopic (exact) mass is 182 g/mol. The number of carbonyl (C=O) groups is 2. The number of unbranched alkanes of at least 4 members (excludes halogenated alkanes) is 1. The Morgan fingerprint density at radius 2 is 2.23 bits per heavy atom. The van der Waals surface area contributed by atoms with Crippen molar-refractivity contribution in [3.8, 4) is 0 Å². The number of hydrogen-bond donors (Lipinski definition) is 0. The Balaban J connectivity index is 2.29. The van der Waals surface area contributed by atoms with Crippen LogP contribution in [0.2, 0.25) is 0 Å². The molecule has 1 rings (SSSR count). The summed E-state index contributed by atoms with van der Waals surface area (Å²) in [6, 6.07) is 0. The quantitative estimate of drug-likeness (QED) is 0.378. The number of cyclic esters (lactones) is 2. The Morgan fingerprint density at radius 3 is 2.77 bits per heavy atom. The van der Waals surface area contributed by atoms with E-state index in [9.17, 15) is 9.59 Å². The number of allylic oxidation sites excluding steroid dienone is 2. The summed E-state index contributed by atoms with van der Waals surface area (Å²) in [5.41, 5.74) is 0. The second-order valence-electron chi connectivity index (χ2n) is 3.19. The van der Waals surface area contributed by atoms with E-state index in [2.05, 4.69) is 11.7 Å². The number of esters is 2. The van der Waals surface area contributed by atoms with E-state index < -0.39 is 0 Å². The maximum absolute atomic E-state index is 11.0. The molecule has 1 atom stereocenters. The molecular weight excluding hydrogens is 168 g/mol. The molecule has 1 saturated heterocycles. The molecule has 0 N–H and O–H groups in total.